The summed E-state index contributed by atoms with van der Waals surface area (Å²) in [6.45, 7) is 5.67. The summed E-state index contributed by atoms with van der Waals surface area (Å²) in [6, 6.07) is 16.7. The topological polar surface area (TPSA) is 125 Å². The predicted molar refractivity (Wildman–Crippen MR) is 159 cm³/mol. The molecule has 0 bridgehead atoms. The van der Waals surface area contributed by atoms with E-state index >= 15 is 0 Å². The maximum Gasteiger partial charge on any atom is 0.344 e. The smallest absolute Gasteiger partial charge is 0.344 e. The van der Waals surface area contributed by atoms with Gasteiger partial charge in [-0.3, -0.25) is 4.79 Å². The molecule has 41 heavy (non-hydrogen) atoms. The summed E-state index contributed by atoms with van der Waals surface area (Å²) in [7, 11) is 1.43. The summed E-state index contributed by atoms with van der Waals surface area (Å²) < 4.78 is 25.4. The van der Waals surface area contributed by atoms with Gasteiger partial charge in [0.05, 0.1) is 17.8 Å². The number of hydrogen-bond acceptors (Lipinski definition) is 7. The van der Waals surface area contributed by atoms with Crippen LogP contribution in [0.5, 0.6) is 17.2 Å². The molecule has 0 unspecified atom stereocenters. The second kappa shape index (κ2) is 13.1. The van der Waals surface area contributed by atoms with E-state index in [4.69, 9.17) is 23.7 Å². The third-order valence-electron chi connectivity index (χ3n) is 6.02. The first kappa shape index (κ1) is 29.9. The van der Waals surface area contributed by atoms with Crippen LogP contribution in [-0.4, -0.2) is 41.0 Å². The number of carbonyl (C=O) groups excluding carboxylic acids is 1. The van der Waals surface area contributed by atoms with Gasteiger partial charge in [-0.05, 0) is 107 Å². The normalized spacial score (nSPS) is 11.9. The molecule has 2 aromatic heterocycles. The Morgan fingerprint density at radius 2 is 1.76 bits per heavy atom. The van der Waals surface area contributed by atoms with E-state index in [0.717, 1.165) is 17.1 Å². The fourth-order valence-corrected chi connectivity index (χ4v) is 4.82. The Morgan fingerprint density at radius 3 is 2.39 bits per heavy atom. The van der Waals surface area contributed by atoms with Crippen LogP contribution >= 0.6 is 31.9 Å². The molecule has 0 fully saturated rings. The number of rotatable bonds is 11. The number of hydrogen-bond donors (Lipinski definition) is 2. The quantitative estimate of drug-likeness (QED) is 0.138. The lowest BCUT2D eigenvalue weighted by Gasteiger charge is -2.17. The van der Waals surface area contributed by atoms with Crippen molar-refractivity contribution >= 4 is 50.0 Å². The standard InChI is InChI=1S/C29H27Br2N3O7/c1-16-5-6-17(2)34(16)20-7-9-21(10-8-20)39-15-22-11-12-23(41-22)28(35)33-32-14-19-13-24(38-4)27(26(31)25(19)30)40-18(3)29(36)37/h5-14,18H,15H2,1-4H3,(H,33,35)(H,36,37)/b32-14+/t18-/m0/s1. The second-order valence-electron chi connectivity index (χ2n) is 8.92. The van der Waals surface area contributed by atoms with E-state index in [0.29, 0.717) is 26.0 Å². The number of carbonyl (C=O) groups is 2. The van der Waals surface area contributed by atoms with Gasteiger partial charge in [0.15, 0.2) is 23.4 Å². The highest BCUT2D eigenvalue weighted by atomic mass is 79.9. The lowest BCUT2D eigenvalue weighted by Crippen LogP contribution is -2.23. The number of benzene rings is 2. The first-order chi connectivity index (χ1) is 19.6. The molecule has 4 rings (SSSR count). The van der Waals surface area contributed by atoms with Crippen LogP contribution in [0, 0.1) is 13.8 Å². The molecule has 0 spiro atoms. The number of methoxy groups -OCH3 is 1. The van der Waals surface area contributed by atoms with Crippen LogP contribution in [0.15, 0.2) is 73.1 Å². The van der Waals surface area contributed by atoms with Gasteiger partial charge >= 0.3 is 11.9 Å². The summed E-state index contributed by atoms with van der Waals surface area (Å²) >= 11 is 6.81. The third kappa shape index (κ3) is 7.01. The van der Waals surface area contributed by atoms with Crippen molar-refractivity contribution in [2.24, 2.45) is 5.10 Å². The van der Waals surface area contributed by atoms with Crippen LogP contribution < -0.4 is 19.6 Å². The molecule has 0 aliphatic rings. The number of furan rings is 1. The molecule has 214 valence electrons. The van der Waals surface area contributed by atoms with Gasteiger partial charge in [-0.25, -0.2) is 10.2 Å². The summed E-state index contributed by atoms with van der Waals surface area (Å²) in [6.07, 6.45) is 0.298. The number of amides is 1. The highest BCUT2D eigenvalue weighted by Gasteiger charge is 2.21. The van der Waals surface area contributed by atoms with Gasteiger partial charge < -0.3 is 28.3 Å². The minimum absolute atomic E-state index is 0.0684. The van der Waals surface area contributed by atoms with Crippen molar-refractivity contribution in [1.29, 1.82) is 0 Å². The van der Waals surface area contributed by atoms with Crippen molar-refractivity contribution in [2.75, 3.05) is 7.11 Å². The monoisotopic (exact) mass is 687 g/mol. The minimum atomic E-state index is -1.12. The summed E-state index contributed by atoms with van der Waals surface area (Å²) in [5.74, 6) is 0.0326. The highest BCUT2D eigenvalue weighted by molar-refractivity contribution is 9.13. The van der Waals surface area contributed by atoms with E-state index in [2.05, 4.69) is 72.9 Å². The van der Waals surface area contributed by atoms with Crippen molar-refractivity contribution in [3.63, 3.8) is 0 Å². The van der Waals surface area contributed by atoms with Crippen molar-refractivity contribution in [2.45, 2.75) is 33.5 Å². The summed E-state index contributed by atoms with van der Waals surface area (Å²) in [5.41, 5.74) is 6.30. The number of hydrazone groups is 1. The average Bonchev–Trinajstić information content (AvgIpc) is 3.57. The molecular formula is C29H27Br2N3O7. The SMILES string of the molecule is COc1cc(/C=N/NC(=O)c2ccc(COc3ccc(-n4c(C)ccc4C)cc3)o2)c(Br)c(Br)c1O[C@@H](C)C(=O)O. The first-order valence-corrected chi connectivity index (χ1v) is 13.9. The van der Waals surface area contributed by atoms with E-state index in [1.54, 1.807) is 12.1 Å². The van der Waals surface area contributed by atoms with Crippen LogP contribution in [0.4, 0.5) is 0 Å². The summed E-state index contributed by atoms with van der Waals surface area (Å²) in [4.78, 5) is 23.7. The number of aliphatic carboxylic acids is 1. The number of aromatic nitrogens is 1. The molecule has 0 aliphatic carbocycles. The van der Waals surface area contributed by atoms with Gasteiger partial charge in [0, 0.05) is 27.1 Å². The molecule has 0 saturated heterocycles. The van der Waals surface area contributed by atoms with Crippen LogP contribution in [0.25, 0.3) is 5.69 Å². The Hall–Kier alpha value is -4.03. The van der Waals surface area contributed by atoms with Gasteiger partial charge in [-0.2, -0.15) is 5.10 Å². The van der Waals surface area contributed by atoms with Crippen LogP contribution in [0.3, 0.4) is 0 Å². The zero-order chi connectivity index (χ0) is 29.7. The van der Waals surface area contributed by atoms with E-state index in [1.807, 2.05) is 24.3 Å². The molecule has 0 radical (unpaired) electrons. The molecule has 2 heterocycles. The summed E-state index contributed by atoms with van der Waals surface area (Å²) in [5, 5.41) is 13.2. The zero-order valence-electron chi connectivity index (χ0n) is 22.6. The van der Waals surface area contributed by atoms with E-state index in [-0.39, 0.29) is 23.9 Å². The Labute approximate surface area is 253 Å². The molecule has 10 nitrogen and oxygen atoms in total. The third-order valence-corrected chi connectivity index (χ3v) is 8.16. The zero-order valence-corrected chi connectivity index (χ0v) is 25.8. The maximum atomic E-state index is 12.6. The largest absolute Gasteiger partial charge is 0.493 e. The molecule has 0 saturated carbocycles. The number of ether oxygens (including phenoxy) is 3. The number of halogens is 2. The van der Waals surface area contributed by atoms with E-state index in [9.17, 15) is 9.59 Å². The van der Waals surface area contributed by atoms with Crippen molar-refractivity contribution in [3.8, 4) is 22.9 Å². The number of carboxylic acids is 1. The Balaban J connectivity index is 1.36. The molecule has 1 amide bonds. The van der Waals surface area contributed by atoms with Crippen LogP contribution in [0.1, 0.15) is 40.2 Å². The Bertz CT molecular complexity index is 1570. The first-order valence-electron chi connectivity index (χ1n) is 12.3. The number of aryl methyl sites for hydroxylation is 2. The molecule has 1 atom stereocenters. The van der Waals surface area contributed by atoms with Gasteiger partial charge in [0.1, 0.15) is 18.1 Å². The van der Waals surface area contributed by atoms with E-state index in [1.165, 1.54) is 26.3 Å². The molecule has 2 N–H and O–H groups in total. The van der Waals surface area contributed by atoms with E-state index < -0.39 is 18.0 Å². The van der Waals surface area contributed by atoms with Crippen LogP contribution in [0.2, 0.25) is 0 Å². The average molecular weight is 689 g/mol. The van der Waals surface area contributed by atoms with Gasteiger partial charge in [-0.15, -0.1) is 0 Å². The van der Waals surface area contributed by atoms with Gasteiger partial charge in [-0.1, -0.05) is 0 Å². The predicted octanol–water partition coefficient (Wildman–Crippen LogP) is 6.42. The number of carboxylic acid groups (broad SMARTS) is 1. The van der Waals surface area contributed by atoms with Crippen molar-refractivity contribution < 1.29 is 33.3 Å². The molecule has 2 aromatic carbocycles. The Morgan fingerprint density at radius 1 is 1.07 bits per heavy atom. The number of nitrogens with zero attached hydrogens (tertiary/aromatic N) is 2. The molecule has 0 aliphatic heterocycles. The molecule has 12 heteroatoms. The molecule has 4 aromatic rings. The lowest BCUT2D eigenvalue weighted by atomic mass is 10.2. The Kier molecular flexibility index (Phi) is 9.56. The minimum Gasteiger partial charge on any atom is -0.493 e. The highest BCUT2D eigenvalue weighted by Crippen LogP contribution is 2.42. The van der Waals surface area contributed by atoms with Gasteiger partial charge in [0.2, 0.25) is 0 Å². The molecular weight excluding hydrogens is 662 g/mol. The van der Waals surface area contributed by atoms with Crippen LogP contribution in [-0.2, 0) is 11.4 Å². The second-order valence-corrected chi connectivity index (χ2v) is 10.5. The maximum absolute atomic E-state index is 12.6. The van der Waals surface area contributed by atoms with Crippen molar-refractivity contribution in [1.82, 2.24) is 9.99 Å². The van der Waals surface area contributed by atoms with Crippen molar-refractivity contribution in [3.05, 3.63) is 92.0 Å². The fraction of sp³-hybridized carbons (Fsp3) is 0.207. The lowest BCUT2D eigenvalue weighted by molar-refractivity contribution is -0.144. The number of nitrogens with one attached hydrogen (secondary N) is 1. The van der Waals surface area contributed by atoms with Gasteiger partial charge in [0.25, 0.3) is 0 Å². The fourth-order valence-electron chi connectivity index (χ4n) is 3.90.